The van der Waals surface area contributed by atoms with Gasteiger partial charge in [-0.05, 0) is 61.6 Å². The summed E-state index contributed by atoms with van der Waals surface area (Å²) < 4.78 is 253. The molecule has 0 saturated carbocycles. The van der Waals surface area contributed by atoms with Crippen molar-refractivity contribution in [2.45, 2.75) is 133 Å². The molecule has 0 aliphatic carbocycles. The van der Waals surface area contributed by atoms with Crippen LogP contribution >= 0.6 is 0 Å². The molecule has 1 aromatic carbocycles. The van der Waals surface area contributed by atoms with Gasteiger partial charge in [0, 0.05) is 15.8 Å². The fourth-order valence-electron chi connectivity index (χ4n) is 4.52. The monoisotopic (exact) mass is 821 g/mol. The molecule has 6 nitrogen and oxygen atoms in total. The van der Waals surface area contributed by atoms with Crippen LogP contribution in [0.3, 0.4) is 0 Å². The van der Waals surface area contributed by atoms with Gasteiger partial charge in [-0.2, -0.15) is 65.9 Å². The maximum Gasteiger partial charge on any atom is 0.460 e. The zero-order chi connectivity index (χ0) is 45.4. The van der Waals surface area contributed by atoms with Crippen LogP contribution in [0.1, 0.15) is 99.8 Å². The lowest BCUT2D eigenvalue weighted by atomic mass is 10.0. The number of alkyl halides is 15. The molecule has 1 heterocycles. The summed E-state index contributed by atoms with van der Waals surface area (Å²) >= 11 is 0. The highest BCUT2D eigenvalue weighted by Gasteiger charge is 2.85. The Morgan fingerprint density at radius 2 is 1.22 bits per heavy atom. The van der Waals surface area contributed by atoms with Crippen LogP contribution in [0.4, 0.5) is 65.9 Å². The minimum atomic E-state index is -7.94. The number of halogens is 15. The van der Waals surface area contributed by atoms with Crippen molar-refractivity contribution in [3.8, 4) is 5.75 Å². The largest absolute Gasteiger partial charge is 0.494 e. The van der Waals surface area contributed by atoms with Crippen molar-refractivity contribution >= 4 is 0 Å². The number of hydrogen-bond acceptors (Lipinski definition) is 6. The van der Waals surface area contributed by atoms with Gasteiger partial charge >= 0.3 is 42.5 Å². The topological polar surface area (TPSA) is 61.0 Å². The predicted molar refractivity (Wildman–Crippen MR) is 164 cm³/mol. The molecular weight excluding hydrogens is 773 g/mol. The third-order valence-corrected chi connectivity index (χ3v) is 7.52. The molecular formula is C33H43F15N2O4. The van der Waals surface area contributed by atoms with Crippen molar-refractivity contribution in [2.75, 3.05) is 26.3 Å². The zero-order valence-electron chi connectivity index (χ0n) is 33.7. The summed E-state index contributed by atoms with van der Waals surface area (Å²) in [5.74, 6) is -15.5. The third kappa shape index (κ3) is 13.8. The average Bonchev–Trinajstić information content (AvgIpc) is 3.10. The quantitative estimate of drug-likeness (QED) is 0.0717. The highest BCUT2D eigenvalue weighted by atomic mass is 19.4. The Kier molecular flexibility index (Phi) is 14.6. The number of hydrogen-bond donors (Lipinski definition) is 2. The lowest BCUT2D eigenvalue weighted by Crippen LogP contribution is -2.64. The standard InChI is InChI=1S/C33H43F15N2O4/c1-2-3-4-5-6-7-8-10-13-23-20-49-26(50-21-23)24-14-16-25(17-15-24)52-19-12-9-11-18-51-22-27(34,35)53-32(45,46)33(47,48)54-31(43,44)29(38,39)28(36,37)30(40,41)42/h14-17,20,26,49-50H,2-13,18-19,21-22H2,1H3/i21D2,26D/hD2. The lowest BCUT2D eigenvalue weighted by molar-refractivity contribution is -0.543. The van der Waals surface area contributed by atoms with E-state index in [9.17, 15) is 65.9 Å². The molecule has 1 atom stereocenters. The molecule has 1 aliphatic rings. The van der Waals surface area contributed by atoms with E-state index in [1.807, 2.05) is 0 Å². The Hall–Kier alpha value is -2.65. The molecule has 0 bridgehead atoms. The van der Waals surface area contributed by atoms with Crippen molar-refractivity contribution in [2.24, 2.45) is 0 Å². The van der Waals surface area contributed by atoms with Gasteiger partial charge in [0.2, 0.25) is 0 Å². The average molecular weight is 822 g/mol. The Morgan fingerprint density at radius 3 is 1.81 bits per heavy atom. The van der Waals surface area contributed by atoms with Crippen molar-refractivity contribution < 1.29 is 91.7 Å². The molecule has 2 N–H and O–H groups in total. The van der Waals surface area contributed by atoms with E-state index in [0.717, 1.165) is 38.5 Å². The van der Waals surface area contributed by atoms with Crippen molar-refractivity contribution in [3.63, 3.8) is 0 Å². The predicted octanol–water partition coefficient (Wildman–Crippen LogP) is 11.1. The second-order valence-corrected chi connectivity index (χ2v) is 12.1. The van der Waals surface area contributed by atoms with Crippen LogP contribution in [0.2, 0.25) is 2.82 Å². The summed E-state index contributed by atoms with van der Waals surface area (Å²) in [5.41, 5.74) is 0.238. The minimum absolute atomic E-state index is 0.0347. The second-order valence-electron chi connectivity index (χ2n) is 12.1. The SMILES string of the molecule is [2H]N1C=C(CCCCCCCCCC)C([2H])([2H])N([2H])C1([2H])c1ccc(OCCCCCOCC(F)(F)OC(F)(F)C(F)(F)OC(F)(F)C(F)(F)C(F)(F)C(F)(F)F)cc1. The molecule has 1 aromatic rings. The first-order valence-corrected chi connectivity index (χ1v) is 16.7. The summed E-state index contributed by atoms with van der Waals surface area (Å²) in [6.07, 6.45) is -27.6. The van der Waals surface area contributed by atoms with Gasteiger partial charge < -0.3 is 14.8 Å². The van der Waals surface area contributed by atoms with E-state index in [4.69, 9.17) is 11.7 Å². The number of rotatable bonds is 26. The highest BCUT2D eigenvalue weighted by molar-refractivity contribution is 5.30. The first-order valence-electron chi connectivity index (χ1n) is 19.1. The van der Waals surface area contributed by atoms with E-state index in [0.29, 0.717) is 23.5 Å². The fraction of sp³-hybridized carbons (Fsp3) is 0.758. The van der Waals surface area contributed by atoms with Crippen LogP contribution in [-0.4, -0.2) is 68.8 Å². The van der Waals surface area contributed by atoms with Gasteiger partial charge in [0.05, 0.1) is 7.98 Å². The maximum absolute atomic E-state index is 13.8. The minimum Gasteiger partial charge on any atom is -0.494 e. The fourth-order valence-corrected chi connectivity index (χ4v) is 4.52. The van der Waals surface area contributed by atoms with Crippen molar-refractivity contribution in [3.05, 3.63) is 41.6 Å². The third-order valence-electron chi connectivity index (χ3n) is 7.52. The molecule has 0 radical (unpaired) electrons. The number of unbranched alkanes of at least 4 members (excludes halogenated alkanes) is 9. The molecule has 1 aliphatic heterocycles. The van der Waals surface area contributed by atoms with Crippen molar-refractivity contribution in [1.82, 2.24) is 10.6 Å². The van der Waals surface area contributed by atoms with Crippen LogP contribution in [0.15, 0.2) is 36.0 Å². The van der Waals surface area contributed by atoms with Gasteiger partial charge in [0.1, 0.15) is 19.9 Å². The number of nitrogens with one attached hydrogen (secondary N) is 2. The molecule has 21 heteroatoms. The highest BCUT2D eigenvalue weighted by Crippen LogP contribution is 2.56. The first-order chi connectivity index (χ1) is 26.8. The molecule has 0 aromatic heterocycles. The Bertz CT molecular complexity index is 1490. The lowest BCUT2D eigenvalue weighted by Gasteiger charge is -2.36. The number of ether oxygens (including phenoxy) is 4. The molecule has 0 saturated heterocycles. The summed E-state index contributed by atoms with van der Waals surface area (Å²) in [7, 11) is 0. The van der Waals surface area contributed by atoms with Gasteiger partial charge in [-0.25, -0.2) is 9.47 Å². The summed E-state index contributed by atoms with van der Waals surface area (Å²) in [6.45, 7) is -3.27. The molecule has 54 heavy (non-hydrogen) atoms. The van der Waals surface area contributed by atoms with Gasteiger partial charge in [-0.1, -0.05) is 64.0 Å². The van der Waals surface area contributed by atoms with E-state index in [-0.39, 0.29) is 42.8 Å². The van der Waals surface area contributed by atoms with E-state index >= 15 is 0 Å². The van der Waals surface area contributed by atoms with Crippen LogP contribution in [0.5, 0.6) is 5.75 Å². The van der Waals surface area contributed by atoms with Gasteiger partial charge in [-0.3, -0.25) is 5.31 Å². The zero-order valence-corrected chi connectivity index (χ0v) is 28.7. The van der Waals surface area contributed by atoms with E-state index in [2.05, 4.69) is 16.4 Å². The van der Waals surface area contributed by atoms with E-state index in [1.165, 1.54) is 36.9 Å². The number of benzene rings is 1. The Morgan fingerprint density at radius 1 is 0.685 bits per heavy atom. The molecule has 314 valence electrons. The molecule has 0 amide bonds. The Balaban J connectivity index is 1.83. The molecule has 1 unspecified atom stereocenters. The van der Waals surface area contributed by atoms with Crippen molar-refractivity contribution in [1.29, 1.82) is 0 Å². The molecule has 2 rings (SSSR count). The normalized spacial score (nSPS) is 20.9. The summed E-state index contributed by atoms with van der Waals surface area (Å²) in [4.78, 5) is 0. The Labute approximate surface area is 309 Å². The van der Waals surface area contributed by atoms with Crippen LogP contribution < -0.4 is 15.4 Å². The van der Waals surface area contributed by atoms with E-state index in [1.54, 1.807) is 4.74 Å². The smallest absolute Gasteiger partial charge is 0.460 e. The maximum atomic E-state index is 13.8. The van der Waals surface area contributed by atoms with Crippen LogP contribution in [0, 0.1) is 0 Å². The van der Waals surface area contributed by atoms with Gasteiger partial charge in [0.15, 0.2) is 1.41 Å². The van der Waals surface area contributed by atoms with Gasteiger partial charge in [-0.15, -0.1) is 0 Å². The summed E-state index contributed by atoms with van der Waals surface area (Å²) in [6, 6.07) is 5.44. The van der Waals surface area contributed by atoms with Gasteiger partial charge in [0.25, 0.3) is 0 Å². The molecule has 0 fully saturated rings. The summed E-state index contributed by atoms with van der Waals surface area (Å²) in [5, 5.41) is 1.07. The second kappa shape index (κ2) is 20.0. The van der Waals surface area contributed by atoms with Crippen LogP contribution in [-0.2, 0) is 14.2 Å². The first kappa shape index (κ1) is 39.6. The van der Waals surface area contributed by atoms with Crippen LogP contribution in [0.25, 0.3) is 0 Å². The molecule has 0 spiro atoms. The van der Waals surface area contributed by atoms with E-state index < -0.39 is 68.3 Å².